The zero-order valence-electron chi connectivity index (χ0n) is 13.4. The third-order valence-corrected chi connectivity index (χ3v) is 4.33. The molecule has 1 rings (SSSR count). The van der Waals surface area contributed by atoms with Gasteiger partial charge in [0.1, 0.15) is 5.75 Å². The molecule has 0 saturated carbocycles. The molecule has 132 valence electrons. The summed E-state index contributed by atoms with van der Waals surface area (Å²) < 4.78 is 15.4. The number of amides is 1. The molecule has 0 aliphatic rings. The summed E-state index contributed by atoms with van der Waals surface area (Å²) in [5, 5.41) is 2.63. The van der Waals surface area contributed by atoms with Crippen molar-refractivity contribution in [2.45, 2.75) is 19.9 Å². The molecule has 0 aliphatic carbocycles. The number of carbonyl (C=O) groups excluding carboxylic acids is 3. The van der Waals surface area contributed by atoms with Gasteiger partial charge in [0.25, 0.3) is 5.91 Å². The van der Waals surface area contributed by atoms with E-state index >= 15 is 0 Å². The molecule has 0 aromatic heterocycles. The molecule has 0 fully saturated rings. The van der Waals surface area contributed by atoms with Gasteiger partial charge in [-0.05, 0) is 48.6 Å². The van der Waals surface area contributed by atoms with E-state index in [-0.39, 0.29) is 24.5 Å². The molecule has 1 N–H and O–H groups in total. The first-order valence-electron chi connectivity index (χ1n) is 7.02. The quantitative estimate of drug-likeness (QED) is 0.374. The van der Waals surface area contributed by atoms with Crippen LogP contribution in [0.2, 0.25) is 5.02 Å². The predicted octanol–water partition coefficient (Wildman–Crippen LogP) is 2.18. The monoisotopic (exact) mass is 469 g/mol. The molecule has 9 heteroatoms. The van der Waals surface area contributed by atoms with Crippen LogP contribution in [0, 0.1) is 3.57 Å². The number of hydrogen-bond acceptors (Lipinski definition) is 6. The van der Waals surface area contributed by atoms with Crippen molar-refractivity contribution in [1.82, 2.24) is 5.32 Å². The number of nitrogens with one attached hydrogen (secondary N) is 1. The third kappa shape index (κ3) is 5.23. The predicted molar refractivity (Wildman–Crippen MR) is 95.2 cm³/mol. The molecule has 1 amide bonds. The highest BCUT2D eigenvalue weighted by Gasteiger charge is 2.32. The molecule has 0 saturated heterocycles. The van der Waals surface area contributed by atoms with Crippen molar-refractivity contribution in [1.29, 1.82) is 0 Å². The second-order valence-electron chi connectivity index (χ2n) is 4.38. The van der Waals surface area contributed by atoms with Crippen molar-refractivity contribution >= 4 is 52.0 Å². The van der Waals surface area contributed by atoms with Gasteiger partial charge in [-0.1, -0.05) is 11.6 Å². The fourth-order valence-corrected chi connectivity index (χ4v) is 2.35. The first-order chi connectivity index (χ1) is 11.3. The van der Waals surface area contributed by atoms with Crippen LogP contribution in [0.3, 0.4) is 0 Å². The minimum absolute atomic E-state index is 0.0588. The molecular formula is C15H17ClINO6. The van der Waals surface area contributed by atoms with Crippen molar-refractivity contribution in [3.05, 3.63) is 26.3 Å². The number of rotatable bonds is 7. The second-order valence-corrected chi connectivity index (χ2v) is 5.95. The zero-order chi connectivity index (χ0) is 18.3. The number of carbonyl (C=O) groups is 3. The summed E-state index contributed by atoms with van der Waals surface area (Å²) >= 11 is 8.01. The molecular weight excluding hydrogens is 453 g/mol. The Morgan fingerprint density at radius 3 is 2.17 bits per heavy atom. The van der Waals surface area contributed by atoms with E-state index in [2.05, 4.69) is 5.32 Å². The van der Waals surface area contributed by atoms with Crippen LogP contribution in [0.4, 0.5) is 0 Å². The Bertz CT molecular complexity index is 619. The van der Waals surface area contributed by atoms with Crippen LogP contribution < -0.4 is 10.1 Å². The van der Waals surface area contributed by atoms with Gasteiger partial charge in [0.2, 0.25) is 6.04 Å². The van der Waals surface area contributed by atoms with Gasteiger partial charge < -0.3 is 19.5 Å². The second kappa shape index (κ2) is 9.67. The highest BCUT2D eigenvalue weighted by Crippen LogP contribution is 2.28. The Kier molecular flexibility index (Phi) is 8.26. The molecule has 0 unspecified atom stereocenters. The first kappa shape index (κ1) is 20.5. The fourth-order valence-electron chi connectivity index (χ4n) is 1.75. The smallest absolute Gasteiger partial charge is 0.340 e. The van der Waals surface area contributed by atoms with Gasteiger partial charge in [0, 0.05) is 3.57 Å². The molecule has 24 heavy (non-hydrogen) atoms. The average molecular weight is 470 g/mol. The SMILES string of the molecule is CCOC(=O)C(NC(=O)c1cc(Cl)c(I)cc1OC)C(=O)OCC. The highest BCUT2D eigenvalue weighted by molar-refractivity contribution is 14.1. The lowest BCUT2D eigenvalue weighted by Crippen LogP contribution is -2.48. The van der Waals surface area contributed by atoms with Crippen LogP contribution in [0.25, 0.3) is 0 Å². The number of benzene rings is 1. The topological polar surface area (TPSA) is 90.9 Å². The van der Waals surface area contributed by atoms with Crippen molar-refractivity contribution < 1.29 is 28.6 Å². The minimum atomic E-state index is -1.57. The zero-order valence-corrected chi connectivity index (χ0v) is 16.3. The summed E-state index contributed by atoms with van der Waals surface area (Å²) in [6.45, 7) is 3.29. The van der Waals surface area contributed by atoms with Gasteiger partial charge in [-0.15, -0.1) is 0 Å². The van der Waals surface area contributed by atoms with Crippen LogP contribution in [0.15, 0.2) is 12.1 Å². The van der Waals surface area contributed by atoms with Crippen molar-refractivity contribution in [3.63, 3.8) is 0 Å². The number of hydrogen-bond donors (Lipinski definition) is 1. The first-order valence-corrected chi connectivity index (χ1v) is 8.48. The molecule has 0 aliphatic heterocycles. The van der Waals surface area contributed by atoms with Gasteiger partial charge >= 0.3 is 11.9 Å². The molecule has 0 heterocycles. The van der Waals surface area contributed by atoms with E-state index in [0.717, 1.165) is 0 Å². The van der Waals surface area contributed by atoms with Crippen LogP contribution in [-0.4, -0.2) is 44.2 Å². The van der Waals surface area contributed by atoms with Crippen LogP contribution in [-0.2, 0) is 19.1 Å². The average Bonchev–Trinajstić information content (AvgIpc) is 2.54. The maximum Gasteiger partial charge on any atom is 0.340 e. The number of ether oxygens (including phenoxy) is 3. The van der Waals surface area contributed by atoms with Crippen LogP contribution in [0.1, 0.15) is 24.2 Å². The number of esters is 2. The van der Waals surface area contributed by atoms with Gasteiger partial charge in [-0.2, -0.15) is 0 Å². The lowest BCUT2D eigenvalue weighted by molar-refractivity contribution is -0.157. The Hall–Kier alpha value is -1.55. The lowest BCUT2D eigenvalue weighted by atomic mass is 10.1. The Balaban J connectivity index is 3.10. The van der Waals surface area contributed by atoms with Gasteiger partial charge in [0.15, 0.2) is 0 Å². The Morgan fingerprint density at radius 2 is 1.71 bits per heavy atom. The van der Waals surface area contributed by atoms with E-state index in [1.165, 1.54) is 13.2 Å². The summed E-state index contributed by atoms with van der Waals surface area (Å²) in [6, 6.07) is 1.40. The van der Waals surface area contributed by atoms with E-state index < -0.39 is 23.9 Å². The third-order valence-electron chi connectivity index (χ3n) is 2.81. The van der Waals surface area contributed by atoms with Crippen LogP contribution >= 0.6 is 34.2 Å². The maximum absolute atomic E-state index is 12.4. The molecule has 0 bridgehead atoms. The molecule has 0 atom stereocenters. The Morgan fingerprint density at radius 1 is 1.17 bits per heavy atom. The number of methoxy groups -OCH3 is 1. The minimum Gasteiger partial charge on any atom is -0.496 e. The van der Waals surface area contributed by atoms with E-state index in [1.54, 1.807) is 19.9 Å². The van der Waals surface area contributed by atoms with Gasteiger partial charge in [-0.25, -0.2) is 9.59 Å². The molecule has 7 nitrogen and oxygen atoms in total. The number of halogens is 2. The molecule has 0 radical (unpaired) electrons. The molecule has 1 aromatic rings. The van der Waals surface area contributed by atoms with Gasteiger partial charge in [0.05, 0.1) is 30.9 Å². The highest BCUT2D eigenvalue weighted by atomic mass is 127. The fraction of sp³-hybridized carbons (Fsp3) is 0.400. The van der Waals surface area contributed by atoms with Crippen molar-refractivity contribution in [3.8, 4) is 5.75 Å². The van der Waals surface area contributed by atoms with Gasteiger partial charge in [-0.3, -0.25) is 4.79 Å². The van der Waals surface area contributed by atoms with E-state index in [0.29, 0.717) is 8.59 Å². The standard InChI is InChI=1S/C15H17ClINO6/c1-4-23-14(20)12(15(21)24-5-2)18-13(19)8-6-9(16)10(17)7-11(8)22-3/h6-7,12H,4-5H2,1-3H3,(H,18,19). The lowest BCUT2D eigenvalue weighted by Gasteiger charge is -2.17. The summed E-state index contributed by atoms with van der Waals surface area (Å²) in [4.78, 5) is 36.3. The summed E-state index contributed by atoms with van der Waals surface area (Å²) in [7, 11) is 1.39. The van der Waals surface area contributed by atoms with E-state index in [9.17, 15) is 14.4 Å². The Labute approximate surface area is 158 Å². The largest absolute Gasteiger partial charge is 0.496 e. The summed E-state index contributed by atoms with van der Waals surface area (Å²) in [6.07, 6.45) is 0. The van der Waals surface area contributed by atoms with E-state index in [1.807, 2.05) is 22.6 Å². The molecule has 1 aromatic carbocycles. The summed E-state index contributed by atoms with van der Waals surface area (Å²) in [5.41, 5.74) is 0.0847. The van der Waals surface area contributed by atoms with Crippen molar-refractivity contribution in [2.24, 2.45) is 0 Å². The maximum atomic E-state index is 12.4. The van der Waals surface area contributed by atoms with Crippen molar-refractivity contribution in [2.75, 3.05) is 20.3 Å². The normalized spacial score (nSPS) is 10.2. The van der Waals surface area contributed by atoms with Crippen LogP contribution in [0.5, 0.6) is 5.75 Å². The van der Waals surface area contributed by atoms with E-state index in [4.69, 9.17) is 25.8 Å². The molecule has 0 spiro atoms. The summed E-state index contributed by atoms with van der Waals surface area (Å²) in [5.74, 6) is -2.26.